The molecule has 1 atom stereocenters. The molecule has 0 saturated heterocycles. The van der Waals surface area contributed by atoms with E-state index in [0.717, 1.165) is 19.4 Å². The summed E-state index contributed by atoms with van der Waals surface area (Å²) in [7, 11) is 0. The summed E-state index contributed by atoms with van der Waals surface area (Å²) in [5.41, 5.74) is 5.42. The molecule has 2 N–H and O–H groups in total. The summed E-state index contributed by atoms with van der Waals surface area (Å²) in [5.74, 6) is 0.395. The molecule has 13 heavy (non-hydrogen) atoms. The fraction of sp³-hybridized carbons (Fsp3) is 0.900. The van der Waals surface area contributed by atoms with Gasteiger partial charge in [0, 0.05) is 25.6 Å². The molecule has 1 amide bonds. The lowest BCUT2D eigenvalue weighted by Gasteiger charge is -2.23. The lowest BCUT2D eigenvalue weighted by molar-refractivity contribution is -0.134. The Kier molecular flexibility index (Phi) is 6.59. The van der Waals surface area contributed by atoms with Gasteiger partial charge in [0.1, 0.15) is 0 Å². The van der Waals surface area contributed by atoms with Gasteiger partial charge in [-0.3, -0.25) is 4.79 Å². The molecule has 0 spiro atoms. The third-order valence-corrected chi connectivity index (χ3v) is 2.24. The first-order valence-electron chi connectivity index (χ1n) is 5.16. The van der Waals surface area contributed by atoms with Gasteiger partial charge in [0.25, 0.3) is 0 Å². The lowest BCUT2D eigenvalue weighted by atomic mass is 10.0. The lowest BCUT2D eigenvalue weighted by Crippen LogP contribution is -2.38. The Bertz CT molecular complexity index is 148. The molecule has 0 fully saturated rings. The maximum atomic E-state index is 11.7. The molecular weight excluding hydrogens is 164 g/mol. The number of hydrogen-bond donors (Lipinski definition) is 1. The number of hydrogen-bond acceptors (Lipinski definition) is 2. The van der Waals surface area contributed by atoms with Gasteiger partial charge < -0.3 is 10.6 Å². The van der Waals surface area contributed by atoms with E-state index in [1.165, 1.54) is 0 Å². The largest absolute Gasteiger partial charge is 0.341 e. The third kappa shape index (κ3) is 4.27. The monoisotopic (exact) mass is 186 g/mol. The molecular formula is C10H22N2O. The minimum Gasteiger partial charge on any atom is -0.341 e. The van der Waals surface area contributed by atoms with Gasteiger partial charge in [0.15, 0.2) is 0 Å². The van der Waals surface area contributed by atoms with E-state index in [1.807, 2.05) is 18.7 Å². The Morgan fingerprint density at radius 2 is 2.08 bits per heavy atom. The number of rotatable bonds is 6. The van der Waals surface area contributed by atoms with Crippen LogP contribution in [0, 0.1) is 5.92 Å². The Hall–Kier alpha value is -0.570. The van der Waals surface area contributed by atoms with E-state index in [-0.39, 0.29) is 11.8 Å². The molecule has 0 rings (SSSR count). The van der Waals surface area contributed by atoms with Crippen LogP contribution in [-0.4, -0.2) is 30.4 Å². The summed E-state index contributed by atoms with van der Waals surface area (Å²) in [6, 6.07) is 0. The topological polar surface area (TPSA) is 46.3 Å². The van der Waals surface area contributed by atoms with Crippen molar-refractivity contribution in [3.63, 3.8) is 0 Å². The predicted molar refractivity (Wildman–Crippen MR) is 55.4 cm³/mol. The molecule has 0 aromatic rings. The first kappa shape index (κ1) is 12.4. The van der Waals surface area contributed by atoms with Gasteiger partial charge in [0.2, 0.25) is 5.91 Å². The van der Waals surface area contributed by atoms with E-state index < -0.39 is 0 Å². The second-order valence-electron chi connectivity index (χ2n) is 3.40. The van der Waals surface area contributed by atoms with Crippen LogP contribution in [0.5, 0.6) is 0 Å². The van der Waals surface area contributed by atoms with Gasteiger partial charge in [-0.2, -0.15) is 0 Å². The van der Waals surface area contributed by atoms with Crippen LogP contribution in [-0.2, 0) is 4.79 Å². The average molecular weight is 186 g/mol. The molecule has 78 valence electrons. The Morgan fingerprint density at radius 3 is 2.46 bits per heavy atom. The van der Waals surface area contributed by atoms with Gasteiger partial charge in [0.05, 0.1) is 0 Å². The van der Waals surface area contributed by atoms with E-state index >= 15 is 0 Å². The van der Waals surface area contributed by atoms with Crippen molar-refractivity contribution in [2.45, 2.75) is 33.6 Å². The summed E-state index contributed by atoms with van der Waals surface area (Å²) in [6.07, 6.45) is 2.03. The second kappa shape index (κ2) is 6.89. The first-order chi connectivity index (χ1) is 6.17. The van der Waals surface area contributed by atoms with Crippen molar-refractivity contribution in [1.29, 1.82) is 0 Å². The second-order valence-corrected chi connectivity index (χ2v) is 3.40. The zero-order chi connectivity index (χ0) is 10.3. The van der Waals surface area contributed by atoms with E-state index in [2.05, 4.69) is 6.92 Å². The summed E-state index contributed by atoms with van der Waals surface area (Å²) >= 11 is 0. The summed E-state index contributed by atoms with van der Waals surface area (Å²) in [5, 5.41) is 0. The van der Waals surface area contributed by atoms with Gasteiger partial charge in [-0.15, -0.1) is 0 Å². The normalized spacial score (nSPS) is 12.6. The molecule has 0 aliphatic rings. The molecule has 0 aromatic heterocycles. The standard InChI is InChI=1S/C10H22N2O/c1-4-6-9(3)10(13)12(5-2)8-7-11/h9H,4-8,11H2,1-3H3. The van der Waals surface area contributed by atoms with Crippen LogP contribution in [0.4, 0.5) is 0 Å². The highest BCUT2D eigenvalue weighted by atomic mass is 16.2. The first-order valence-corrected chi connectivity index (χ1v) is 5.16. The van der Waals surface area contributed by atoms with Crippen LogP contribution in [0.15, 0.2) is 0 Å². The van der Waals surface area contributed by atoms with Crippen LogP contribution in [0.1, 0.15) is 33.6 Å². The van der Waals surface area contributed by atoms with Crippen molar-refractivity contribution in [2.24, 2.45) is 11.7 Å². The smallest absolute Gasteiger partial charge is 0.225 e. The minimum absolute atomic E-state index is 0.150. The zero-order valence-corrected chi connectivity index (χ0v) is 9.05. The van der Waals surface area contributed by atoms with E-state index in [1.54, 1.807) is 0 Å². The fourth-order valence-electron chi connectivity index (χ4n) is 1.45. The van der Waals surface area contributed by atoms with Gasteiger partial charge in [-0.25, -0.2) is 0 Å². The number of carbonyl (C=O) groups excluding carboxylic acids is 1. The van der Waals surface area contributed by atoms with Crippen molar-refractivity contribution >= 4 is 5.91 Å². The van der Waals surface area contributed by atoms with Gasteiger partial charge in [-0.05, 0) is 13.3 Å². The van der Waals surface area contributed by atoms with E-state index in [0.29, 0.717) is 13.1 Å². The molecule has 3 nitrogen and oxygen atoms in total. The molecule has 0 heterocycles. The SMILES string of the molecule is CCCC(C)C(=O)N(CC)CCN. The highest BCUT2D eigenvalue weighted by Crippen LogP contribution is 2.08. The Labute approximate surface area is 81.3 Å². The van der Waals surface area contributed by atoms with Crippen LogP contribution in [0.3, 0.4) is 0 Å². The molecule has 1 unspecified atom stereocenters. The fourth-order valence-corrected chi connectivity index (χ4v) is 1.45. The predicted octanol–water partition coefficient (Wildman–Crippen LogP) is 1.23. The molecule has 0 aromatic carbocycles. The van der Waals surface area contributed by atoms with Crippen molar-refractivity contribution in [3.8, 4) is 0 Å². The van der Waals surface area contributed by atoms with E-state index in [9.17, 15) is 4.79 Å². The van der Waals surface area contributed by atoms with Gasteiger partial charge in [-0.1, -0.05) is 20.3 Å². The Morgan fingerprint density at radius 1 is 1.46 bits per heavy atom. The van der Waals surface area contributed by atoms with E-state index in [4.69, 9.17) is 5.73 Å². The molecule has 0 bridgehead atoms. The maximum Gasteiger partial charge on any atom is 0.225 e. The molecule has 0 radical (unpaired) electrons. The minimum atomic E-state index is 0.150. The number of carbonyl (C=O) groups is 1. The summed E-state index contributed by atoms with van der Waals surface area (Å²) in [4.78, 5) is 13.6. The third-order valence-electron chi connectivity index (χ3n) is 2.24. The average Bonchev–Trinajstić information content (AvgIpc) is 2.13. The highest BCUT2D eigenvalue weighted by Gasteiger charge is 2.17. The summed E-state index contributed by atoms with van der Waals surface area (Å²) in [6.45, 7) is 8.09. The molecule has 0 aliphatic carbocycles. The highest BCUT2D eigenvalue weighted by molar-refractivity contribution is 5.78. The van der Waals surface area contributed by atoms with Crippen molar-refractivity contribution < 1.29 is 4.79 Å². The van der Waals surface area contributed by atoms with Crippen molar-refractivity contribution in [3.05, 3.63) is 0 Å². The molecule has 0 aliphatic heterocycles. The van der Waals surface area contributed by atoms with Crippen molar-refractivity contribution in [1.82, 2.24) is 4.90 Å². The quantitative estimate of drug-likeness (QED) is 0.678. The van der Waals surface area contributed by atoms with Gasteiger partial charge >= 0.3 is 0 Å². The number of amides is 1. The van der Waals surface area contributed by atoms with Crippen LogP contribution in [0.2, 0.25) is 0 Å². The summed E-state index contributed by atoms with van der Waals surface area (Å²) < 4.78 is 0. The zero-order valence-electron chi connectivity index (χ0n) is 9.05. The van der Waals surface area contributed by atoms with Crippen LogP contribution in [0.25, 0.3) is 0 Å². The Balaban J connectivity index is 4.02. The number of likely N-dealkylation sites (N-methyl/N-ethyl adjacent to an activating group) is 1. The number of nitrogens with two attached hydrogens (primary N) is 1. The van der Waals surface area contributed by atoms with Crippen LogP contribution >= 0.6 is 0 Å². The molecule has 0 saturated carbocycles. The van der Waals surface area contributed by atoms with Crippen molar-refractivity contribution in [2.75, 3.05) is 19.6 Å². The van der Waals surface area contributed by atoms with Crippen LogP contribution < -0.4 is 5.73 Å². The maximum absolute atomic E-state index is 11.7. The molecule has 3 heteroatoms. The number of nitrogens with zero attached hydrogens (tertiary/aromatic N) is 1.